The van der Waals surface area contributed by atoms with E-state index >= 15 is 0 Å². The first-order valence-electron chi connectivity index (χ1n) is 16.8. The van der Waals surface area contributed by atoms with Crippen molar-refractivity contribution in [3.63, 3.8) is 0 Å². The number of rotatable bonds is 17. The Kier molecular flexibility index (Phi) is 14.7. The van der Waals surface area contributed by atoms with Crippen molar-refractivity contribution in [2.45, 2.75) is 103 Å². The predicted octanol–water partition coefficient (Wildman–Crippen LogP) is 3.35. The number of aliphatic hydroxyl groups excluding tert-OH is 1. The number of aromatic nitrogens is 1. The third kappa shape index (κ3) is 10.7. The third-order valence-electron chi connectivity index (χ3n) is 9.12. The predicted molar refractivity (Wildman–Crippen MR) is 183 cm³/mol. The number of carbonyl (C=O) groups is 5. The molecule has 1 aromatic carbocycles. The maximum atomic E-state index is 13.6. The molecule has 1 aliphatic heterocycles. The van der Waals surface area contributed by atoms with E-state index in [-0.39, 0.29) is 35.0 Å². The zero-order valence-corrected chi connectivity index (χ0v) is 29.6. The Labute approximate surface area is 287 Å². The van der Waals surface area contributed by atoms with Crippen molar-refractivity contribution in [2.24, 2.45) is 17.8 Å². The van der Waals surface area contributed by atoms with Gasteiger partial charge in [-0.15, -0.1) is 11.3 Å². The minimum atomic E-state index is -1.70. The molecule has 7 atom stereocenters. The Morgan fingerprint density at radius 3 is 2.29 bits per heavy atom. The minimum absolute atomic E-state index is 0.00400. The zero-order chi connectivity index (χ0) is 35.5. The molecule has 3 rings (SSSR count). The van der Waals surface area contributed by atoms with Crippen LogP contribution in [0.1, 0.15) is 93.9 Å². The largest absolute Gasteiger partial charge is 0.481 e. The number of nitrogens with one attached hydrogen (secondary N) is 3. The van der Waals surface area contributed by atoms with Gasteiger partial charge in [0, 0.05) is 11.4 Å². The molecule has 48 heavy (non-hydrogen) atoms. The van der Waals surface area contributed by atoms with Gasteiger partial charge in [0.25, 0.3) is 5.91 Å². The van der Waals surface area contributed by atoms with Crippen LogP contribution >= 0.6 is 11.3 Å². The number of thiazole rings is 1. The molecule has 0 aliphatic carbocycles. The first-order valence-corrected chi connectivity index (χ1v) is 17.7. The number of amides is 3. The number of hydrogen-bond acceptors (Lipinski definition) is 9. The fourth-order valence-electron chi connectivity index (χ4n) is 5.86. The van der Waals surface area contributed by atoms with Gasteiger partial charge in [-0.2, -0.15) is 0 Å². The van der Waals surface area contributed by atoms with Gasteiger partial charge in [0.1, 0.15) is 16.7 Å². The summed E-state index contributed by atoms with van der Waals surface area (Å²) in [6.07, 6.45) is 2.17. The molecule has 0 bridgehead atoms. The van der Waals surface area contributed by atoms with E-state index in [9.17, 15) is 34.2 Å². The minimum Gasteiger partial charge on any atom is -0.481 e. The van der Waals surface area contributed by atoms with Gasteiger partial charge in [0.2, 0.25) is 11.8 Å². The van der Waals surface area contributed by atoms with Crippen LogP contribution < -0.4 is 16.0 Å². The average molecular weight is 686 g/mol. The number of ketones is 1. The van der Waals surface area contributed by atoms with Crippen LogP contribution in [0.3, 0.4) is 0 Å². The Morgan fingerprint density at radius 1 is 1.00 bits per heavy atom. The number of carboxylic acid groups (broad SMARTS) is 1. The lowest BCUT2D eigenvalue weighted by Crippen LogP contribution is -2.58. The highest BCUT2D eigenvalue weighted by molar-refractivity contribution is 7.10. The van der Waals surface area contributed by atoms with E-state index in [1.807, 2.05) is 56.1 Å². The van der Waals surface area contributed by atoms with Gasteiger partial charge in [-0.25, -0.2) is 4.98 Å². The molecule has 0 unspecified atom stereocenters. The number of Topliss-reactive ketones (excluding diaryl/α,β-unsaturated/α-hetero) is 1. The van der Waals surface area contributed by atoms with Crippen LogP contribution in [0.5, 0.6) is 0 Å². The van der Waals surface area contributed by atoms with E-state index in [1.54, 1.807) is 20.8 Å². The molecule has 1 aliphatic rings. The lowest BCUT2D eigenvalue weighted by Gasteiger charge is -2.34. The van der Waals surface area contributed by atoms with Gasteiger partial charge in [0.15, 0.2) is 11.9 Å². The molecule has 3 amide bonds. The summed E-state index contributed by atoms with van der Waals surface area (Å²) in [6, 6.07) is 6.61. The number of nitrogens with zero attached hydrogens (tertiary/aromatic N) is 2. The van der Waals surface area contributed by atoms with E-state index in [1.165, 1.54) is 5.38 Å². The monoisotopic (exact) mass is 685 g/mol. The van der Waals surface area contributed by atoms with Crippen LogP contribution in [0.2, 0.25) is 0 Å². The Balaban J connectivity index is 1.71. The van der Waals surface area contributed by atoms with Crippen molar-refractivity contribution in [3.05, 3.63) is 52.0 Å². The lowest BCUT2D eigenvalue weighted by atomic mass is 9.93. The van der Waals surface area contributed by atoms with E-state index in [0.717, 1.165) is 36.3 Å². The summed E-state index contributed by atoms with van der Waals surface area (Å²) in [5.41, 5.74) is 0.916. The van der Waals surface area contributed by atoms with Gasteiger partial charge in [-0.05, 0) is 56.7 Å². The number of likely N-dealkylation sites (tertiary alicyclic amines) is 1. The molecule has 0 saturated carbocycles. The fraction of sp³-hybridized carbons (Fsp3) is 0.600. The Bertz CT molecular complexity index is 1400. The maximum absolute atomic E-state index is 13.6. The van der Waals surface area contributed by atoms with E-state index < -0.39 is 59.6 Å². The van der Waals surface area contributed by atoms with Gasteiger partial charge in [-0.1, -0.05) is 77.8 Å². The van der Waals surface area contributed by atoms with Gasteiger partial charge in [0.05, 0.1) is 18.0 Å². The Morgan fingerprint density at radius 2 is 1.69 bits per heavy atom. The molecule has 2 heterocycles. The number of carbonyl (C=O) groups excluding carboxylic acids is 4. The smallest absolute Gasteiger partial charge is 0.306 e. The highest BCUT2D eigenvalue weighted by Crippen LogP contribution is 2.24. The van der Waals surface area contributed by atoms with Crippen LogP contribution in [-0.4, -0.2) is 87.3 Å². The summed E-state index contributed by atoms with van der Waals surface area (Å²) in [5, 5.41) is 30.5. The molecule has 0 radical (unpaired) electrons. The van der Waals surface area contributed by atoms with Crippen molar-refractivity contribution in [1.82, 2.24) is 25.8 Å². The second-order valence-electron chi connectivity index (χ2n) is 13.3. The van der Waals surface area contributed by atoms with Gasteiger partial charge >= 0.3 is 5.97 Å². The Hall–Kier alpha value is -3.68. The number of piperidine rings is 1. The van der Waals surface area contributed by atoms with Crippen LogP contribution in [0.25, 0.3) is 0 Å². The molecule has 1 saturated heterocycles. The number of likely N-dealkylation sites (N-methyl/N-ethyl adjacent to an activating group) is 1. The molecule has 0 spiro atoms. The second kappa shape index (κ2) is 18.2. The molecular formula is C35H51N5O7S. The quantitative estimate of drug-likeness (QED) is 0.167. The summed E-state index contributed by atoms with van der Waals surface area (Å²) in [7, 11) is 1.90. The van der Waals surface area contributed by atoms with Crippen molar-refractivity contribution in [2.75, 3.05) is 13.6 Å². The van der Waals surface area contributed by atoms with E-state index in [2.05, 4.69) is 20.9 Å². The summed E-state index contributed by atoms with van der Waals surface area (Å²) in [6.45, 7) is 9.66. The number of hydrogen-bond donors (Lipinski definition) is 5. The third-order valence-corrected chi connectivity index (χ3v) is 10.0. The highest BCUT2D eigenvalue weighted by Gasteiger charge is 2.37. The summed E-state index contributed by atoms with van der Waals surface area (Å²) in [4.78, 5) is 71.3. The molecule has 1 aromatic heterocycles. The molecule has 2 aromatic rings. The number of aliphatic carboxylic acids is 1. The summed E-state index contributed by atoms with van der Waals surface area (Å²) in [5.74, 6) is -4.24. The fourth-order valence-corrected chi connectivity index (χ4v) is 6.64. The number of benzene rings is 1. The van der Waals surface area contributed by atoms with Crippen LogP contribution in [0.15, 0.2) is 35.7 Å². The van der Waals surface area contributed by atoms with E-state index in [0.29, 0.717) is 19.3 Å². The standard InChI is InChI=1S/C35H51N5O7S/c1-7-21(4)28(39-32(44)26-15-11-12-16-40(26)6)33(45)38-27(20(2)3)29(41)30(42)34-37-25(19-48-34)31(43)36-24(17-22(5)35(46)47)18-23-13-9-8-10-14-23/h8-10,13-14,19-22,24,26-28,30,42H,7,11-12,15-18H2,1-6H3,(H,36,43)(H,38,45)(H,39,44)(H,46,47)/t21-,22-,24+,26+,27-,28-,30+/m0/s1. The second-order valence-corrected chi connectivity index (χ2v) is 14.2. The first kappa shape index (κ1) is 38.8. The molecular weight excluding hydrogens is 634 g/mol. The van der Waals surface area contributed by atoms with Crippen LogP contribution in [0, 0.1) is 17.8 Å². The lowest BCUT2D eigenvalue weighted by molar-refractivity contribution is -0.141. The number of aliphatic hydroxyl groups is 1. The van der Waals surface area contributed by atoms with E-state index in [4.69, 9.17) is 0 Å². The summed E-state index contributed by atoms with van der Waals surface area (Å²) >= 11 is 0.940. The summed E-state index contributed by atoms with van der Waals surface area (Å²) < 4.78 is 0. The molecule has 13 heteroatoms. The topological polar surface area (TPSA) is 178 Å². The molecule has 1 fully saturated rings. The van der Waals surface area contributed by atoms with Gasteiger partial charge < -0.3 is 26.2 Å². The first-order chi connectivity index (χ1) is 22.7. The molecule has 12 nitrogen and oxygen atoms in total. The number of carboxylic acids is 1. The SMILES string of the molecule is CC[C@H](C)[C@H](NC(=O)[C@H]1CCCCN1C)C(=O)N[C@H](C(=O)[C@@H](O)c1nc(C(=O)N[C@@H](Cc2ccccc2)C[C@H](C)C(=O)O)cs1)C(C)C. The van der Waals surface area contributed by atoms with Crippen LogP contribution in [-0.2, 0) is 25.6 Å². The van der Waals surface area contributed by atoms with Crippen molar-refractivity contribution < 1.29 is 34.2 Å². The van der Waals surface area contributed by atoms with Crippen molar-refractivity contribution in [1.29, 1.82) is 0 Å². The normalized spacial score (nSPS) is 19.0. The van der Waals surface area contributed by atoms with Gasteiger partial charge in [-0.3, -0.25) is 28.9 Å². The van der Waals surface area contributed by atoms with Crippen molar-refractivity contribution >= 4 is 40.8 Å². The van der Waals surface area contributed by atoms with Crippen molar-refractivity contribution in [3.8, 4) is 0 Å². The highest BCUT2D eigenvalue weighted by atomic mass is 32.1. The maximum Gasteiger partial charge on any atom is 0.306 e. The molecule has 5 N–H and O–H groups in total. The molecule has 264 valence electrons. The van der Waals surface area contributed by atoms with Crippen LogP contribution in [0.4, 0.5) is 0 Å². The average Bonchev–Trinajstić information content (AvgIpc) is 3.56. The zero-order valence-electron chi connectivity index (χ0n) is 28.8.